The molecule has 0 radical (unpaired) electrons. The number of fused-ring (bicyclic) bond motifs is 1. The van der Waals surface area contributed by atoms with Gasteiger partial charge in [0, 0.05) is 17.8 Å². The monoisotopic (exact) mass is 362 g/mol. The molecule has 4 rings (SSSR count). The number of nitrogens with one attached hydrogen (secondary N) is 1. The molecule has 1 unspecified atom stereocenters. The van der Waals surface area contributed by atoms with Gasteiger partial charge in [0.05, 0.1) is 18.0 Å². The Morgan fingerprint density at radius 3 is 2.59 bits per heavy atom. The maximum atomic E-state index is 13.0. The Morgan fingerprint density at radius 2 is 1.85 bits per heavy atom. The highest BCUT2D eigenvalue weighted by molar-refractivity contribution is 5.88. The van der Waals surface area contributed by atoms with E-state index in [9.17, 15) is 9.59 Å². The molecular weight excluding hydrogens is 340 g/mol. The number of carbonyl (C=O) groups excluding carboxylic acids is 1. The van der Waals surface area contributed by atoms with E-state index in [2.05, 4.69) is 23.2 Å². The van der Waals surface area contributed by atoms with Crippen LogP contribution in [0.4, 0.5) is 0 Å². The van der Waals surface area contributed by atoms with Crippen LogP contribution in [0.1, 0.15) is 46.9 Å². The lowest BCUT2D eigenvalue weighted by atomic mass is 9.98. The van der Waals surface area contributed by atoms with Crippen LogP contribution in [0.3, 0.4) is 0 Å². The summed E-state index contributed by atoms with van der Waals surface area (Å²) in [5, 5.41) is 10.2. The number of aromatic nitrogens is 1. The highest BCUT2D eigenvalue weighted by Gasteiger charge is 2.29. The second-order valence-corrected chi connectivity index (χ2v) is 7.09. The van der Waals surface area contributed by atoms with Crippen LogP contribution in [0.25, 0.3) is 10.9 Å². The molecule has 138 valence electrons. The van der Waals surface area contributed by atoms with Gasteiger partial charge in [0.2, 0.25) is 5.91 Å². The summed E-state index contributed by atoms with van der Waals surface area (Å²) in [7, 11) is 0. The van der Waals surface area contributed by atoms with Gasteiger partial charge in [0.15, 0.2) is 0 Å². The number of carbonyl (C=O) groups is 2. The Balaban J connectivity index is 1.54. The van der Waals surface area contributed by atoms with E-state index in [0.29, 0.717) is 0 Å². The number of piperidine rings is 1. The van der Waals surface area contributed by atoms with E-state index in [1.807, 2.05) is 17.0 Å². The fraction of sp³-hybridized carbons (Fsp3) is 0.273. The van der Waals surface area contributed by atoms with Crippen molar-refractivity contribution in [2.75, 3.05) is 6.54 Å². The van der Waals surface area contributed by atoms with E-state index < -0.39 is 5.97 Å². The number of nitrogens with zero attached hydrogens (tertiary/aromatic N) is 1. The molecule has 5 nitrogen and oxygen atoms in total. The fourth-order valence-corrected chi connectivity index (χ4v) is 3.87. The van der Waals surface area contributed by atoms with Gasteiger partial charge in [-0.05, 0) is 54.5 Å². The normalized spacial score (nSPS) is 17.2. The summed E-state index contributed by atoms with van der Waals surface area (Å²) in [6.07, 6.45) is 3.37. The summed E-state index contributed by atoms with van der Waals surface area (Å²) < 4.78 is 0. The summed E-state index contributed by atoms with van der Waals surface area (Å²) in [6.45, 7) is 0.756. The molecule has 1 amide bonds. The number of rotatable bonds is 4. The Morgan fingerprint density at radius 1 is 1.07 bits per heavy atom. The number of aromatic amines is 1. The standard InChI is InChI=1S/C22H22N2O3/c25-21(13-15-8-10-16(11-9-15)22(26)27)24-12-4-3-7-20(24)19-14-17-5-1-2-6-18(17)23-19/h1-2,5-6,8-11,14,20,23H,3-4,7,12-13H2,(H,26,27). The second-order valence-electron chi connectivity index (χ2n) is 7.09. The van der Waals surface area contributed by atoms with E-state index in [4.69, 9.17) is 5.11 Å². The topological polar surface area (TPSA) is 73.4 Å². The molecule has 2 aromatic carbocycles. The third kappa shape index (κ3) is 3.58. The number of hydrogen-bond donors (Lipinski definition) is 2. The molecule has 1 atom stereocenters. The van der Waals surface area contributed by atoms with E-state index in [0.717, 1.165) is 48.0 Å². The molecule has 27 heavy (non-hydrogen) atoms. The van der Waals surface area contributed by atoms with Crippen molar-refractivity contribution >= 4 is 22.8 Å². The highest BCUT2D eigenvalue weighted by Crippen LogP contribution is 2.32. The first-order chi connectivity index (χ1) is 13.1. The van der Waals surface area contributed by atoms with Crippen molar-refractivity contribution in [1.29, 1.82) is 0 Å². The van der Waals surface area contributed by atoms with Crippen LogP contribution in [0.2, 0.25) is 0 Å². The Bertz CT molecular complexity index is 942. The maximum Gasteiger partial charge on any atom is 0.335 e. The van der Waals surface area contributed by atoms with Crippen molar-refractivity contribution in [3.63, 3.8) is 0 Å². The van der Waals surface area contributed by atoms with Gasteiger partial charge in [-0.15, -0.1) is 0 Å². The number of carboxylic acid groups (broad SMARTS) is 1. The van der Waals surface area contributed by atoms with Crippen molar-refractivity contribution in [1.82, 2.24) is 9.88 Å². The van der Waals surface area contributed by atoms with Crippen LogP contribution in [0.5, 0.6) is 0 Å². The Kier molecular flexibility index (Phi) is 4.67. The average molecular weight is 362 g/mol. The van der Waals surface area contributed by atoms with Gasteiger partial charge in [-0.2, -0.15) is 0 Å². The third-order valence-electron chi connectivity index (χ3n) is 5.29. The van der Waals surface area contributed by atoms with Crippen LogP contribution < -0.4 is 0 Å². The molecule has 1 fully saturated rings. The zero-order valence-corrected chi connectivity index (χ0v) is 15.0. The maximum absolute atomic E-state index is 13.0. The van der Waals surface area contributed by atoms with Crippen molar-refractivity contribution in [3.8, 4) is 0 Å². The molecule has 0 aliphatic carbocycles. The SMILES string of the molecule is O=C(O)c1ccc(CC(=O)N2CCCCC2c2cc3ccccc3[nH]2)cc1. The first-order valence-corrected chi connectivity index (χ1v) is 9.31. The van der Waals surface area contributed by atoms with E-state index in [-0.39, 0.29) is 23.9 Å². The Hall–Kier alpha value is -3.08. The van der Waals surface area contributed by atoms with Gasteiger partial charge in [-0.1, -0.05) is 30.3 Å². The summed E-state index contributed by atoms with van der Waals surface area (Å²) >= 11 is 0. The Labute approximate surface area is 157 Å². The van der Waals surface area contributed by atoms with Gasteiger partial charge < -0.3 is 15.0 Å². The lowest BCUT2D eigenvalue weighted by molar-refractivity contribution is -0.134. The first kappa shape index (κ1) is 17.3. The average Bonchev–Trinajstić information content (AvgIpc) is 3.12. The van der Waals surface area contributed by atoms with Crippen molar-refractivity contribution in [2.45, 2.75) is 31.7 Å². The molecule has 2 N–H and O–H groups in total. The molecular formula is C22H22N2O3. The van der Waals surface area contributed by atoms with Gasteiger partial charge in [-0.3, -0.25) is 4.79 Å². The number of amides is 1. The van der Waals surface area contributed by atoms with Crippen LogP contribution in [-0.2, 0) is 11.2 Å². The molecule has 1 saturated heterocycles. The van der Waals surface area contributed by atoms with Crippen LogP contribution in [0, 0.1) is 0 Å². The summed E-state index contributed by atoms with van der Waals surface area (Å²) in [5.41, 5.74) is 3.26. The van der Waals surface area contributed by atoms with Crippen molar-refractivity contribution in [3.05, 3.63) is 71.4 Å². The van der Waals surface area contributed by atoms with Gasteiger partial charge in [-0.25, -0.2) is 4.79 Å². The second kappa shape index (κ2) is 7.27. The number of likely N-dealkylation sites (tertiary alicyclic amines) is 1. The number of H-pyrrole nitrogens is 1. The summed E-state index contributed by atoms with van der Waals surface area (Å²) in [5.74, 6) is -0.871. The minimum Gasteiger partial charge on any atom is -0.478 e. The van der Waals surface area contributed by atoms with Crippen LogP contribution in [0.15, 0.2) is 54.6 Å². The molecule has 1 aromatic heterocycles. The molecule has 2 heterocycles. The largest absolute Gasteiger partial charge is 0.478 e. The molecule has 3 aromatic rings. The van der Waals surface area contributed by atoms with Gasteiger partial charge in [0.25, 0.3) is 0 Å². The molecule has 0 bridgehead atoms. The third-order valence-corrected chi connectivity index (χ3v) is 5.29. The molecule has 0 saturated carbocycles. The number of benzene rings is 2. The van der Waals surface area contributed by atoms with Crippen LogP contribution in [-0.4, -0.2) is 33.4 Å². The highest BCUT2D eigenvalue weighted by atomic mass is 16.4. The predicted octanol–water partition coefficient (Wildman–Crippen LogP) is 4.16. The molecule has 1 aliphatic rings. The van der Waals surface area contributed by atoms with E-state index in [1.54, 1.807) is 24.3 Å². The molecule has 0 spiro atoms. The molecule has 5 heteroatoms. The van der Waals surface area contributed by atoms with E-state index >= 15 is 0 Å². The lowest BCUT2D eigenvalue weighted by Gasteiger charge is -2.35. The summed E-state index contributed by atoms with van der Waals surface area (Å²) in [6, 6.07) is 16.9. The summed E-state index contributed by atoms with van der Waals surface area (Å²) in [4.78, 5) is 29.4. The van der Waals surface area contributed by atoms with Crippen molar-refractivity contribution in [2.24, 2.45) is 0 Å². The van der Waals surface area contributed by atoms with E-state index in [1.165, 1.54) is 0 Å². The number of aromatic carboxylic acids is 1. The lowest BCUT2D eigenvalue weighted by Crippen LogP contribution is -2.39. The van der Waals surface area contributed by atoms with Gasteiger partial charge >= 0.3 is 5.97 Å². The number of para-hydroxylation sites is 1. The zero-order chi connectivity index (χ0) is 18.8. The smallest absolute Gasteiger partial charge is 0.335 e. The number of carboxylic acids is 1. The number of hydrogen-bond acceptors (Lipinski definition) is 2. The van der Waals surface area contributed by atoms with Crippen molar-refractivity contribution < 1.29 is 14.7 Å². The minimum atomic E-state index is -0.956. The fourth-order valence-electron chi connectivity index (χ4n) is 3.87. The zero-order valence-electron chi connectivity index (χ0n) is 15.0. The van der Waals surface area contributed by atoms with Gasteiger partial charge in [0.1, 0.15) is 0 Å². The minimum absolute atomic E-state index is 0.0666. The quantitative estimate of drug-likeness (QED) is 0.732. The molecule has 1 aliphatic heterocycles. The predicted molar refractivity (Wildman–Crippen MR) is 104 cm³/mol. The first-order valence-electron chi connectivity index (χ1n) is 9.31. The van der Waals surface area contributed by atoms with Crippen LogP contribution >= 0.6 is 0 Å².